The Hall–Kier alpha value is -0.790. The highest BCUT2D eigenvalue weighted by atomic mass is 16.4. The second-order valence-electron chi connectivity index (χ2n) is 1.38. The third-order valence-corrected chi connectivity index (χ3v) is 0.632. The highest BCUT2D eigenvalue weighted by Crippen LogP contribution is 1.85. The Morgan fingerprint density at radius 2 is 2.38 bits per heavy atom. The third kappa shape index (κ3) is 5.21. The molecule has 1 radical (unpaired) electrons. The summed E-state index contributed by atoms with van der Waals surface area (Å²) in [5.74, 6) is -0.883. The summed E-state index contributed by atoms with van der Waals surface area (Å²) in [6, 6.07) is 0. The van der Waals surface area contributed by atoms with Crippen molar-refractivity contribution in [2.24, 2.45) is 0 Å². The molecular weight excluding hydrogens is 104 g/mol. The van der Waals surface area contributed by atoms with Crippen molar-refractivity contribution in [1.82, 2.24) is 0 Å². The summed E-state index contributed by atoms with van der Waals surface area (Å²) in [6.45, 7) is 1.88. The summed E-state index contributed by atoms with van der Waals surface area (Å²) in [5.41, 5.74) is 0. The SMILES string of the molecule is C[CH]CC=CC(=O)O. The number of hydrogen-bond donors (Lipinski definition) is 1. The monoisotopic (exact) mass is 113 g/mol. The molecule has 0 saturated heterocycles. The molecular formula is C6H9O2. The van der Waals surface area contributed by atoms with E-state index in [-0.39, 0.29) is 0 Å². The Bertz CT molecular complexity index is 94.7. The van der Waals surface area contributed by atoms with E-state index in [0.717, 1.165) is 12.5 Å². The maximum atomic E-state index is 9.77. The lowest BCUT2D eigenvalue weighted by molar-refractivity contribution is -0.131. The van der Waals surface area contributed by atoms with Crippen LogP contribution in [0.4, 0.5) is 0 Å². The molecule has 0 aliphatic carbocycles. The van der Waals surface area contributed by atoms with Gasteiger partial charge in [-0.15, -0.1) is 0 Å². The van der Waals surface area contributed by atoms with Crippen LogP contribution in [0.25, 0.3) is 0 Å². The molecule has 0 aliphatic rings. The maximum absolute atomic E-state index is 9.77. The average molecular weight is 113 g/mol. The van der Waals surface area contributed by atoms with E-state index in [1.165, 1.54) is 0 Å². The van der Waals surface area contributed by atoms with Crippen LogP contribution in [-0.2, 0) is 4.79 Å². The van der Waals surface area contributed by atoms with Crippen LogP contribution in [0.5, 0.6) is 0 Å². The van der Waals surface area contributed by atoms with E-state index < -0.39 is 5.97 Å². The highest BCUT2D eigenvalue weighted by Gasteiger charge is 1.81. The number of unbranched alkanes of at least 4 members (excludes halogenated alkanes) is 1. The van der Waals surface area contributed by atoms with Gasteiger partial charge in [-0.3, -0.25) is 0 Å². The Morgan fingerprint density at radius 3 is 2.75 bits per heavy atom. The topological polar surface area (TPSA) is 37.3 Å². The van der Waals surface area contributed by atoms with Gasteiger partial charge in [-0.1, -0.05) is 13.0 Å². The molecule has 0 aromatic rings. The highest BCUT2D eigenvalue weighted by molar-refractivity contribution is 5.79. The minimum absolute atomic E-state index is 0.728. The first-order valence-electron chi connectivity index (χ1n) is 2.44. The molecule has 2 heteroatoms. The van der Waals surface area contributed by atoms with Crippen LogP contribution in [0.1, 0.15) is 13.3 Å². The van der Waals surface area contributed by atoms with Crippen LogP contribution in [0, 0.1) is 6.42 Å². The summed E-state index contributed by atoms with van der Waals surface area (Å²) in [5, 5.41) is 8.04. The summed E-state index contributed by atoms with van der Waals surface area (Å²) in [7, 11) is 0. The lowest BCUT2D eigenvalue weighted by atomic mass is 10.3. The summed E-state index contributed by atoms with van der Waals surface area (Å²) in [4.78, 5) is 9.77. The normalized spacial score (nSPS) is 10.1. The predicted molar refractivity (Wildman–Crippen MR) is 31.4 cm³/mol. The minimum atomic E-state index is -0.883. The maximum Gasteiger partial charge on any atom is 0.327 e. The standard InChI is InChI=1S/C6H9O2/c1-2-3-4-5-6(7)8/h2,4-5H,3H2,1H3,(H,7,8). The van der Waals surface area contributed by atoms with Crippen LogP contribution >= 0.6 is 0 Å². The van der Waals surface area contributed by atoms with Gasteiger partial charge in [-0.05, 0) is 12.8 Å². The van der Waals surface area contributed by atoms with E-state index in [9.17, 15) is 4.79 Å². The largest absolute Gasteiger partial charge is 0.478 e. The van der Waals surface area contributed by atoms with Gasteiger partial charge in [0.1, 0.15) is 0 Å². The van der Waals surface area contributed by atoms with E-state index in [1.807, 2.05) is 13.3 Å². The van der Waals surface area contributed by atoms with E-state index >= 15 is 0 Å². The van der Waals surface area contributed by atoms with Gasteiger partial charge in [-0.25, -0.2) is 4.79 Å². The number of carboxylic acids is 1. The van der Waals surface area contributed by atoms with E-state index in [0.29, 0.717) is 0 Å². The Kier molecular flexibility index (Phi) is 3.94. The van der Waals surface area contributed by atoms with Gasteiger partial charge in [0.15, 0.2) is 0 Å². The van der Waals surface area contributed by atoms with Crippen molar-refractivity contribution in [3.05, 3.63) is 18.6 Å². The molecule has 8 heavy (non-hydrogen) atoms. The Balaban J connectivity index is 3.20. The molecule has 0 unspecified atom stereocenters. The molecule has 0 rings (SSSR count). The van der Waals surface area contributed by atoms with Crippen molar-refractivity contribution in [3.8, 4) is 0 Å². The van der Waals surface area contributed by atoms with E-state index in [1.54, 1.807) is 6.08 Å². The molecule has 0 bridgehead atoms. The number of allylic oxidation sites excluding steroid dienone is 1. The first-order valence-corrected chi connectivity index (χ1v) is 2.44. The van der Waals surface area contributed by atoms with E-state index in [2.05, 4.69) is 0 Å². The van der Waals surface area contributed by atoms with Crippen molar-refractivity contribution in [3.63, 3.8) is 0 Å². The molecule has 0 spiro atoms. The summed E-state index contributed by atoms with van der Waals surface area (Å²) < 4.78 is 0. The molecule has 0 aromatic heterocycles. The van der Waals surface area contributed by atoms with Gasteiger partial charge < -0.3 is 5.11 Å². The molecule has 0 aliphatic heterocycles. The van der Waals surface area contributed by atoms with Gasteiger partial charge in [0.25, 0.3) is 0 Å². The fourth-order valence-electron chi connectivity index (χ4n) is 0.305. The first kappa shape index (κ1) is 7.21. The second kappa shape index (κ2) is 4.37. The van der Waals surface area contributed by atoms with Gasteiger partial charge >= 0.3 is 5.97 Å². The molecule has 2 nitrogen and oxygen atoms in total. The van der Waals surface area contributed by atoms with Crippen molar-refractivity contribution in [2.45, 2.75) is 13.3 Å². The molecule has 0 heterocycles. The first-order chi connectivity index (χ1) is 3.77. The molecule has 0 atom stereocenters. The van der Waals surface area contributed by atoms with Crippen LogP contribution in [0.15, 0.2) is 12.2 Å². The van der Waals surface area contributed by atoms with Crippen molar-refractivity contribution in [2.75, 3.05) is 0 Å². The number of carbonyl (C=O) groups is 1. The fourth-order valence-corrected chi connectivity index (χ4v) is 0.305. The number of hydrogen-bond acceptors (Lipinski definition) is 1. The van der Waals surface area contributed by atoms with Crippen LogP contribution < -0.4 is 0 Å². The number of rotatable bonds is 3. The van der Waals surface area contributed by atoms with Crippen molar-refractivity contribution in [1.29, 1.82) is 0 Å². The number of carboxylic acid groups (broad SMARTS) is 1. The molecule has 0 aromatic carbocycles. The molecule has 0 saturated carbocycles. The molecule has 1 N–H and O–H groups in total. The van der Waals surface area contributed by atoms with Crippen molar-refractivity contribution < 1.29 is 9.90 Å². The van der Waals surface area contributed by atoms with Crippen LogP contribution in [0.3, 0.4) is 0 Å². The average Bonchev–Trinajstić information content (AvgIpc) is 1.66. The molecule has 0 amide bonds. The molecule has 0 fully saturated rings. The van der Waals surface area contributed by atoms with Gasteiger partial charge in [0, 0.05) is 6.08 Å². The predicted octanol–water partition coefficient (Wildman–Crippen LogP) is 1.24. The van der Waals surface area contributed by atoms with Crippen LogP contribution in [-0.4, -0.2) is 11.1 Å². The lowest BCUT2D eigenvalue weighted by Gasteiger charge is -1.79. The summed E-state index contributed by atoms with van der Waals surface area (Å²) >= 11 is 0. The number of aliphatic carboxylic acids is 1. The quantitative estimate of drug-likeness (QED) is 0.559. The third-order valence-electron chi connectivity index (χ3n) is 0.632. The van der Waals surface area contributed by atoms with Gasteiger partial charge in [-0.2, -0.15) is 0 Å². The van der Waals surface area contributed by atoms with Gasteiger partial charge in [0.2, 0.25) is 0 Å². The fraction of sp³-hybridized carbons (Fsp3) is 0.333. The zero-order chi connectivity index (χ0) is 6.41. The smallest absolute Gasteiger partial charge is 0.327 e. The molecule has 45 valence electrons. The minimum Gasteiger partial charge on any atom is -0.478 e. The van der Waals surface area contributed by atoms with Gasteiger partial charge in [0.05, 0.1) is 0 Å². The Morgan fingerprint density at radius 1 is 1.75 bits per heavy atom. The van der Waals surface area contributed by atoms with Crippen LogP contribution in [0.2, 0.25) is 0 Å². The van der Waals surface area contributed by atoms with E-state index in [4.69, 9.17) is 5.11 Å². The summed E-state index contributed by atoms with van der Waals surface area (Å²) in [6.07, 6.45) is 5.36. The lowest BCUT2D eigenvalue weighted by Crippen LogP contribution is -1.84. The van der Waals surface area contributed by atoms with Crippen molar-refractivity contribution >= 4 is 5.97 Å². The zero-order valence-corrected chi connectivity index (χ0v) is 4.79. The zero-order valence-electron chi connectivity index (χ0n) is 4.79. The second-order valence-corrected chi connectivity index (χ2v) is 1.38. The Labute approximate surface area is 48.8 Å².